The van der Waals surface area contributed by atoms with Crippen LogP contribution < -0.4 is 0 Å². The molecule has 2 N–H and O–H groups in total. The second-order valence-electron chi connectivity index (χ2n) is 5.07. The van der Waals surface area contributed by atoms with Gasteiger partial charge in [0.25, 0.3) is 10.0 Å². The molecule has 0 saturated carbocycles. The molecule has 1 aromatic heterocycles. The standard InChI is InChI=1S/C12H19N3O4S/c1-3-9-13-7-10(14-9)20(18,19)15-6-4-5-8(2)11(15)12(16)17/h7-8,11H,3-6H2,1-2H3,(H,13,14)(H,16,17). The highest BCUT2D eigenvalue weighted by molar-refractivity contribution is 7.89. The second-order valence-corrected chi connectivity index (χ2v) is 6.93. The van der Waals surface area contributed by atoms with E-state index in [1.807, 2.05) is 6.92 Å². The normalized spacial score (nSPS) is 24.7. The van der Waals surface area contributed by atoms with Crippen LogP contribution in [-0.2, 0) is 21.2 Å². The Morgan fingerprint density at radius 1 is 1.60 bits per heavy atom. The summed E-state index contributed by atoms with van der Waals surface area (Å²) in [6, 6.07) is -1.01. The van der Waals surface area contributed by atoms with Gasteiger partial charge in [0.15, 0.2) is 5.03 Å². The molecule has 1 fully saturated rings. The number of nitrogens with zero attached hydrogens (tertiary/aromatic N) is 2. The Hall–Kier alpha value is -1.41. The van der Waals surface area contributed by atoms with Crippen LogP contribution in [0, 0.1) is 5.92 Å². The Balaban J connectivity index is 2.38. The molecule has 0 aliphatic carbocycles. The number of nitrogens with one attached hydrogen (secondary N) is 1. The van der Waals surface area contributed by atoms with Crippen LogP contribution in [0.25, 0.3) is 0 Å². The van der Waals surface area contributed by atoms with Gasteiger partial charge in [0.1, 0.15) is 11.9 Å². The van der Waals surface area contributed by atoms with Crippen molar-refractivity contribution in [2.75, 3.05) is 6.54 Å². The third kappa shape index (κ3) is 2.57. The largest absolute Gasteiger partial charge is 0.480 e. The predicted molar refractivity (Wildman–Crippen MR) is 71.7 cm³/mol. The number of hydrogen-bond donors (Lipinski definition) is 2. The van der Waals surface area contributed by atoms with Gasteiger partial charge in [0, 0.05) is 13.0 Å². The molecule has 1 aromatic rings. The van der Waals surface area contributed by atoms with E-state index >= 15 is 0 Å². The van der Waals surface area contributed by atoms with Gasteiger partial charge in [0.05, 0.1) is 6.20 Å². The van der Waals surface area contributed by atoms with Gasteiger partial charge >= 0.3 is 5.97 Å². The van der Waals surface area contributed by atoms with Crippen LogP contribution in [0.1, 0.15) is 32.5 Å². The van der Waals surface area contributed by atoms with E-state index in [1.165, 1.54) is 6.20 Å². The molecule has 0 spiro atoms. The molecule has 2 atom stereocenters. The van der Waals surface area contributed by atoms with Gasteiger partial charge in [-0.2, -0.15) is 4.31 Å². The van der Waals surface area contributed by atoms with Crippen LogP contribution in [0.15, 0.2) is 11.2 Å². The monoisotopic (exact) mass is 301 g/mol. The molecule has 7 nitrogen and oxygen atoms in total. The van der Waals surface area contributed by atoms with Crippen molar-refractivity contribution in [1.82, 2.24) is 14.3 Å². The summed E-state index contributed by atoms with van der Waals surface area (Å²) in [6.07, 6.45) is 3.23. The van der Waals surface area contributed by atoms with Crippen LogP contribution in [0.4, 0.5) is 0 Å². The highest BCUT2D eigenvalue weighted by atomic mass is 32.2. The van der Waals surface area contributed by atoms with Crippen molar-refractivity contribution >= 4 is 16.0 Å². The molecule has 2 unspecified atom stereocenters. The van der Waals surface area contributed by atoms with Crippen molar-refractivity contribution in [2.45, 2.75) is 44.2 Å². The molecular weight excluding hydrogens is 282 g/mol. The SMILES string of the molecule is CCc1ncc(S(=O)(=O)N2CCCC(C)C2C(=O)O)[nH]1. The summed E-state index contributed by atoms with van der Waals surface area (Å²) in [5, 5.41) is 9.28. The Labute approximate surface area is 118 Å². The number of imidazole rings is 1. The average Bonchev–Trinajstić information content (AvgIpc) is 2.87. The summed E-state index contributed by atoms with van der Waals surface area (Å²) >= 11 is 0. The fraction of sp³-hybridized carbons (Fsp3) is 0.667. The number of carboxylic acid groups (broad SMARTS) is 1. The summed E-state index contributed by atoms with van der Waals surface area (Å²) in [6.45, 7) is 3.85. The van der Waals surface area contributed by atoms with Gasteiger partial charge in [-0.3, -0.25) is 4.79 Å². The van der Waals surface area contributed by atoms with Gasteiger partial charge in [-0.25, -0.2) is 13.4 Å². The Kier molecular flexibility index (Phi) is 4.14. The maximum Gasteiger partial charge on any atom is 0.322 e. The number of carboxylic acids is 1. The third-order valence-corrected chi connectivity index (χ3v) is 5.46. The van der Waals surface area contributed by atoms with Crippen molar-refractivity contribution in [1.29, 1.82) is 0 Å². The van der Waals surface area contributed by atoms with E-state index in [2.05, 4.69) is 9.97 Å². The summed E-state index contributed by atoms with van der Waals surface area (Å²) in [7, 11) is -3.84. The molecule has 20 heavy (non-hydrogen) atoms. The minimum Gasteiger partial charge on any atom is -0.480 e. The highest BCUT2D eigenvalue weighted by Gasteiger charge is 2.42. The summed E-state index contributed by atoms with van der Waals surface area (Å²) < 4.78 is 26.2. The quantitative estimate of drug-likeness (QED) is 0.858. The number of aromatic nitrogens is 2. The predicted octanol–water partition coefficient (Wildman–Crippen LogP) is 0.846. The number of piperidine rings is 1. The Bertz CT molecular complexity index is 596. The van der Waals surface area contributed by atoms with Crippen molar-refractivity contribution in [3.8, 4) is 0 Å². The van der Waals surface area contributed by atoms with Gasteiger partial charge in [0.2, 0.25) is 0 Å². The summed E-state index contributed by atoms with van der Waals surface area (Å²) in [4.78, 5) is 18.1. The maximum atomic E-state index is 12.6. The zero-order valence-corrected chi connectivity index (χ0v) is 12.4. The molecule has 0 bridgehead atoms. The average molecular weight is 301 g/mol. The molecule has 0 radical (unpaired) electrons. The summed E-state index contributed by atoms with van der Waals surface area (Å²) in [5.41, 5.74) is 0. The fourth-order valence-electron chi connectivity index (χ4n) is 2.57. The molecule has 2 heterocycles. The number of sulfonamides is 1. The number of rotatable bonds is 4. The third-order valence-electron chi connectivity index (χ3n) is 3.67. The molecule has 1 aliphatic heterocycles. The van der Waals surface area contributed by atoms with E-state index in [0.717, 1.165) is 4.31 Å². The van der Waals surface area contributed by atoms with Crippen LogP contribution in [0.5, 0.6) is 0 Å². The number of aliphatic carboxylic acids is 1. The Morgan fingerprint density at radius 2 is 2.30 bits per heavy atom. The molecule has 1 saturated heterocycles. The van der Waals surface area contributed by atoms with E-state index in [4.69, 9.17) is 0 Å². The number of aryl methyl sites for hydroxylation is 1. The maximum absolute atomic E-state index is 12.6. The van der Waals surface area contributed by atoms with E-state index in [1.54, 1.807) is 6.92 Å². The van der Waals surface area contributed by atoms with Crippen LogP contribution >= 0.6 is 0 Å². The fourth-order valence-corrected chi connectivity index (χ4v) is 4.22. The van der Waals surface area contributed by atoms with E-state index in [9.17, 15) is 18.3 Å². The first-order chi connectivity index (χ1) is 9.37. The summed E-state index contributed by atoms with van der Waals surface area (Å²) in [5.74, 6) is -0.735. The minimum atomic E-state index is -3.84. The van der Waals surface area contributed by atoms with Crippen LogP contribution in [0.2, 0.25) is 0 Å². The lowest BCUT2D eigenvalue weighted by molar-refractivity contribution is -0.144. The van der Waals surface area contributed by atoms with Gasteiger partial charge < -0.3 is 10.1 Å². The van der Waals surface area contributed by atoms with Crippen molar-refractivity contribution < 1.29 is 18.3 Å². The molecule has 0 aromatic carbocycles. The molecule has 8 heteroatoms. The van der Waals surface area contributed by atoms with Gasteiger partial charge in [-0.05, 0) is 18.8 Å². The first kappa shape index (κ1) is 15.0. The first-order valence-corrected chi connectivity index (χ1v) is 8.10. The topological polar surface area (TPSA) is 103 Å². The van der Waals surface area contributed by atoms with Crippen molar-refractivity contribution in [3.05, 3.63) is 12.0 Å². The van der Waals surface area contributed by atoms with E-state index < -0.39 is 22.0 Å². The molecule has 112 valence electrons. The molecule has 0 amide bonds. The zero-order chi connectivity index (χ0) is 14.9. The van der Waals surface area contributed by atoms with E-state index in [-0.39, 0.29) is 17.5 Å². The number of H-pyrrole nitrogens is 1. The Morgan fingerprint density at radius 3 is 2.85 bits per heavy atom. The lowest BCUT2D eigenvalue weighted by atomic mass is 9.93. The number of carbonyl (C=O) groups is 1. The number of aromatic amines is 1. The van der Waals surface area contributed by atoms with Crippen LogP contribution in [-0.4, -0.2) is 46.4 Å². The van der Waals surface area contributed by atoms with Crippen molar-refractivity contribution in [3.63, 3.8) is 0 Å². The molecule has 2 rings (SSSR count). The highest BCUT2D eigenvalue weighted by Crippen LogP contribution is 2.28. The van der Waals surface area contributed by atoms with E-state index in [0.29, 0.717) is 25.1 Å². The lowest BCUT2D eigenvalue weighted by Crippen LogP contribution is -2.51. The van der Waals surface area contributed by atoms with Crippen LogP contribution in [0.3, 0.4) is 0 Å². The number of hydrogen-bond acceptors (Lipinski definition) is 4. The van der Waals surface area contributed by atoms with Gasteiger partial charge in [-0.15, -0.1) is 0 Å². The lowest BCUT2D eigenvalue weighted by Gasteiger charge is -2.35. The second kappa shape index (κ2) is 5.53. The van der Waals surface area contributed by atoms with Gasteiger partial charge in [-0.1, -0.05) is 13.8 Å². The minimum absolute atomic E-state index is 0.0327. The first-order valence-electron chi connectivity index (χ1n) is 6.66. The zero-order valence-electron chi connectivity index (χ0n) is 11.5. The van der Waals surface area contributed by atoms with Crippen molar-refractivity contribution in [2.24, 2.45) is 5.92 Å². The molecular formula is C12H19N3O4S. The smallest absolute Gasteiger partial charge is 0.322 e. The molecule has 1 aliphatic rings.